The van der Waals surface area contributed by atoms with Crippen molar-refractivity contribution in [2.75, 3.05) is 6.54 Å². The van der Waals surface area contributed by atoms with Gasteiger partial charge in [-0.3, -0.25) is 4.79 Å². The van der Waals surface area contributed by atoms with Crippen molar-refractivity contribution in [2.24, 2.45) is 5.73 Å². The SMILES string of the molecule is NC(=O)c1cccc([C@H]2CCN2)c1. The summed E-state index contributed by atoms with van der Waals surface area (Å²) in [5, 5.41) is 3.28. The van der Waals surface area contributed by atoms with Crippen LogP contribution in [0.5, 0.6) is 0 Å². The number of primary amides is 1. The number of nitrogens with one attached hydrogen (secondary N) is 1. The predicted octanol–water partition coefficient (Wildman–Crippen LogP) is 0.820. The molecule has 0 saturated carbocycles. The van der Waals surface area contributed by atoms with Gasteiger partial charge in [0, 0.05) is 11.6 Å². The van der Waals surface area contributed by atoms with E-state index in [1.165, 1.54) is 0 Å². The van der Waals surface area contributed by atoms with E-state index < -0.39 is 0 Å². The van der Waals surface area contributed by atoms with Gasteiger partial charge in [-0.2, -0.15) is 0 Å². The van der Waals surface area contributed by atoms with Gasteiger partial charge in [0.25, 0.3) is 0 Å². The van der Waals surface area contributed by atoms with Crippen LogP contribution in [0.3, 0.4) is 0 Å². The number of nitrogens with two attached hydrogens (primary N) is 1. The first kappa shape index (κ1) is 8.26. The number of carbonyl (C=O) groups excluding carboxylic acids is 1. The van der Waals surface area contributed by atoms with Crippen LogP contribution in [0.1, 0.15) is 28.4 Å². The summed E-state index contributed by atoms with van der Waals surface area (Å²) in [6.45, 7) is 1.06. The molecule has 0 unspecified atom stereocenters. The molecule has 1 fully saturated rings. The summed E-state index contributed by atoms with van der Waals surface area (Å²) in [6.07, 6.45) is 1.14. The molecule has 68 valence electrons. The average molecular weight is 176 g/mol. The Morgan fingerprint density at radius 2 is 2.31 bits per heavy atom. The first-order chi connectivity index (χ1) is 6.27. The maximum absolute atomic E-state index is 10.9. The maximum Gasteiger partial charge on any atom is 0.248 e. The number of carbonyl (C=O) groups is 1. The second-order valence-corrected chi connectivity index (χ2v) is 3.29. The summed E-state index contributed by atoms with van der Waals surface area (Å²) in [5.41, 5.74) is 6.93. The van der Waals surface area contributed by atoms with Crippen molar-refractivity contribution in [1.82, 2.24) is 5.32 Å². The summed E-state index contributed by atoms with van der Waals surface area (Å²) >= 11 is 0. The summed E-state index contributed by atoms with van der Waals surface area (Å²) < 4.78 is 0. The molecule has 0 radical (unpaired) electrons. The molecule has 1 aliphatic heterocycles. The highest BCUT2D eigenvalue weighted by Crippen LogP contribution is 2.22. The van der Waals surface area contributed by atoms with Gasteiger partial charge in [0.1, 0.15) is 0 Å². The highest BCUT2D eigenvalue weighted by Gasteiger charge is 2.18. The minimum absolute atomic E-state index is 0.360. The third-order valence-corrected chi connectivity index (χ3v) is 2.40. The molecule has 3 heteroatoms. The fraction of sp³-hybridized carbons (Fsp3) is 0.300. The minimum atomic E-state index is -0.360. The molecule has 1 atom stereocenters. The van der Waals surface area contributed by atoms with E-state index in [0.717, 1.165) is 18.5 Å². The van der Waals surface area contributed by atoms with E-state index in [4.69, 9.17) is 5.73 Å². The zero-order chi connectivity index (χ0) is 9.26. The lowest BCUT2D eigenvalue weighted by molar-refractivity contribution is 0.1000. The normalized spacial score (nSPS) is 20.8. The molecule has 0 aliphatic carbocycles. The van der Waals surface area contributed by atoms with Gasteiger partial charge in [-0.1, -0.05) is 12.1 Å². The predicted molar refractivity (Wildman–Crippen MR) is 50.3 cm³/mol. The topological polar surface area (TPSA) is 55.1 Å². The lowest BCUT2D eigenvalue weighted by Crippen LogP contribution is -2.35. The van der Waals surface area contributed by atoms with Crippen molar-refractivity contribution in [3.63, 3.8) is 0 Å². The van der Waals surface area contributed by atoms with Crippen LogP contribution in [0.25, 0.3) is 0 Å². The molecular formula is C10H12N2O. The molecule has 0 aromatic heterocycles. The van der Waals surface area contributed by atoms with Gasteiger partial charge in [0.2, 0.25) is 5.91 Å². The molecule has 1 heterocycles. The third kappa shape index (κ3) is 1.55. The zero-order valence-corrected chi connectivity index (χ0v) is 7.29. The first-order valence-electron chi connectivity index (χ1n) is 4.40. The summed E-state index contributed by atoms with van der Waals surface area (Å²) in [7, 11) is 0. The molecule has 0 bridgehead atoms. The van der Waals surface area contributed by atoms with Crippen molar-refractivity contribution >= 4 is 5.91 Å². The van der Waals surface area contributed by atoms with Crippen LogP contribution in [-0.4, -0.2) is 12.5 Å². The van der Waals surface area contributed by atoms with Gasteiger partial charge in [-0.15, -0.1) is 0 Å². The third-order valence-electron chi connectivity index (χ3n) is 2.40. The quantitative estimate of drug-likeness (QED) is 0.701. The summed E-state index contributed by atoms with van der Waals surface area (Å²) in [6, 6.07) is 7.90. The van der Waals surface area contributed by atoms with Crippen LogP contribution in [-0.2, 0) is 0 Å². The molecule has 3 nitrogen and oxygen atoms in total. The molecule has 2 rings (SSSR count). The van der Waals surface area contributed by atoms with Crippen molar-refractivity contribution in [2.45, 2.75) is 12.5 Å². The van der Waals surface area contributed by atoms with Gasteiger partial charge in [-0.25, -0.2) is 0 Å². The number of rotatable bonds is 2. The number of amides is 1. The van der Waals surface area contributed by atoms with Crippen LogP contribution < -0.4 is 11.1 Å². The molecule has 1 amide bonds. The van der Waals surface area contributed by atoms with Gasteiger partial charge >= 0.3 is 0 Å². The Bertz CT molecular complexity index is 331. The maximum atomic E-state index is 10.9. The Morgan fingerprint density at radius 1 is 1.54 bits per heavy atom. The van der Waals surface area contributed by atoms with Crippen LogP contribution in [0, 0.1) is 0 Å². The monoisotopic (exact) mass is 176 g/mol. The lowest BCUT2D eigenvalue weighted by atomic mass is 9.96. The van der Waals surface area contributed by atoms with Crippen LogP contribution in [0.2, 0.25) is 0 Å². The van der Waals surface area contributed by atoms with Crippen LogP contribution in [0.4, 0.5) is 0 Å². The van der Waals surface area contributed by atoms with E-state index in [2.05, 4.69) is 5.32 Å². The molecule has 3 N–H and O–H groups in total. The van der Waals surface area contributed by atoms with E-state index in [0.29, 0.717) is 11.6 Å². The molecular weight excluding hydrogens is 164 g/mol. The average Bonchev–Trinajstić information content (AvgIpc) is 2.01. The minimum Gasteiger partial charge on any atom is -0.366 e. The Labute approximate surface area is 76.9 Å². The lowest BCUT2D eigenvalue weighted by Gasteiger charge is -2.28. The van der Waals surface area contributed by atoms with Gasteiger partial charge in [0.15, 0.2) is 0 Å². The second-order valence-electron chi connectivity index (χ2n) is 3.29. The molecule has 1 saturated heterocycles. The second kappa shape index (κ2) is 3.18. The highest BCUT2D eigenvalue weighted by atomic mass is 16.1. The van der Waals surface area contributed by atoms with Crippen molar-refractivity contribution in [1.29, 1.82) is 0 Å². The van der Waals surface area contributed by atoms with Gasteiger partial charge in [0.05, 0.1) is 0 Å². The zero-order valence-electron chi connectivity index (χ0n) is 7.29. The molecule has 1 aromatic rings. The fourth-order valence-corrected chi connectivity index (χ4v) is 1.48. The van der Waals surface area contributed by atoms with E-state index in [-0.39, 0.29) is 5.91 Å². The van der Waals surface area contributed by atoms with Gasteiger partial charge in [-0.05, 0) is 30.7 Å². The number of hydrogen-bond donors (Lipinski definition) is 2. The summed E-state index contributed by atoms with van der Waals surface area (Å²) in [4.78, 5) is 10.9. The first-order valence-corrected chi connectivity index (χ1v) is 4.40. The Balaban J connectivity index is 2.26. The molecule has 0 spiro atoms. The van der Waals surface area contributed by atoms with Crippen molar-refractivity contribution < 1.29 is 4.79 Å². The number of benzene rings is 1. The largest absolute Gasteiger partial charge is 0.366 e. The number of hydrogen-bond acceptors (Lipinski definition) is 2. The molecule has 13 heavy (non-hydrogen) atoms. The molecule has 1 aromatic carbocycles. The van der Waals surface area contributed by atoms with E-state index in [1.54, 1.807) is 6.07 Å². The van der Waals surface area contributed by atoms with E-state index in [1.807, 2.05) is 18.2 Å². The van der Waals surface area contributed by atoms with Crippen molar-refractivity contribution in [3.8, 4) is 0 Å². The Morgan fingerprint density at radius 3 is 2.85 bits per heavy atom. The summed E-state index contributed by atoms with van der Waals surface area (Å²) in [5.74, 6) is -0.360. The van der Waals surface area contributed by atoms with Gasteiger partial charge < -0.3 is 11.1 Å². The van der Waals surface area contributed by atoms with E-state index >= 15 is 0 Å². The standard InChI is InChI=1S/C10H12N2O/c11-10(13)8-3-1-2-7(6-8)9-4-5-12-9/h1-3,6,9,12H,4-5H2,(H2,11,13)/t9-/m1/s1. The van der Waals surface area contributed by atoms with Crippen molar-refractivity contribution in [3.05, 3.63) is 35.4 Å². The smallest absolute Gasteiger partial charge is 0.248 e. The van der Waals surface area contributed by atoms with E-state index in [9.17, 15) is 4.79 Å². The highest BCUT2D eigenvalue weighted by molar-refractivity contribution is 5.92. The fourth-order valence-electron chi connectivity index (χ4n) is 1.48. The van der Waals surface area contributed by atoms with Crippen LogP contribution >= 0.6 is 0 Å². The Kier molecular flexibility index (Phi) is 2.02. The molecule has 1 aliphatic rings. The van der Waals surface area contributed by atoms with Crippen LogP contribution in [0.15, 0.2) is 24.3 Å². The Hall–Kier alpha value is -1.35.